The van der Waals surface area contributed by atoms with Crippen LogP contribution in [0.15, 0.2) is 85.2 Å². The maximum atomic E-state index is 12.9. The molecule has 8 nitrogen and oxygen atoms in total. The average molecular weight is 458 g/mol. The predicted octanol–water partition coefficient (Wildman–Crippen LogP) is 3.49. The average Bonchev–Trinajstić information content (AvgIpc) is 3.35. The number of pyridine rings is 1. The van der Waals surface area contributed by atoms with Gasteiger partial charge in [0, 0.05) is 24.0 Å². The molecule has 0 bridgehead atoms. The second-order valence-electron chi connectivity index (χ2n) is 7.56. The fraction of sp³-hybridized carbons (Fsp3) is 0.125. The number of halogens is 1. The van der Waals surface area contributed by atoms with Crippen LogP contribution >= 0.6 is 11.6 Å². The van der Waals surface area contributed by atoms with Gasteiger partial charge in [0.2, 0.25) is 5.91 Å². The predicted molar refractivity (Wildman–Crippen MR) is 125 cm³/mol. The summed E-state index contributed by atoms with van der Waals surface area (Å²) in [4.78, 5) is 18.8. The number of nitrogens with one attached hydrogen (secondary N) is 1. The van der Waals surface area contributed by atoms with E-state index in [9.17, 15) is 4.79 Å². The van der Waals surface area contributed by atoms with Gasteiger partial charge in [-0.2, -0.15) is 4.68 Å². The Morgan fingerprint density at radius 1 is 1.03 bits per heavy atom. The van der Waals surface area contributed by atoms with Gasteiger partial charge in [-0.25, -0.2) is 0 Å². The molecule has 0 unspecified atom stereocenters. The molecule has 0 aliphatic carbocycles. The third-order valence-electron chi connectivity index (χ3n) is 5.38. The number of benzene rings is 2. The zero-order chi connectivity index (χ0) is 22.6. The van der Waals surface area contributed by atoms with Crippen molar-refractivity contribution in [3.05, 3.63) is 107 Å². The molecule has 0 radical (unpaired) electrons. The quantitative estimate of drug-likeness (QED) is 0.476. The van der Waals surface area contributed by atoms with E-state index in [-0.39, 0.29) is 18.5 Å². The molecule has 33 heavy (non-hydrogen) atoms. The normalized spacial score (nSPS) is 15.0. The SMILES string of the molecule is O=C(CN1C(c2ccccc2)=C[C@@H](c2ccc(Cl)cc2)n2nnnc21)NCc1cccnc1. The Morgan fingerprint density at radius 3 is 2.61 bits per heavy atom. The van der Waals surface area contributed by atoms with Crippen molar-refractivity contribution in [3.8, 4) is 0 Å². The molecule has 1 aliphatic rings. The highest BCUT2D eigenvalue weighted by Gasteiger charge is 2.31. The van der Waals surface area contributed by atoms with Gasteiger partial charge in [-0.3, -0.25) is 14.7 Å². The molecule has 164 valence electrons. The first-order valence-corrected chi connectivity index (χ1v) is 10.8. The second-order valence-corrected chi connectivity index (χ2v) is 8.00. The van der Waals surface area contributed by atoms with Crippen molar-refractivity contribution in [2.45, 2.75) is 12.6 Å². The van der Waals surface area contributed by atoms with Crippen LogP contribution in [-0.2, 0) is 11.3 Å². The largest absolute Gasteiger partial charge is 0.350 e. The maximum absolute atomic E-state index is 12.9. The number of amides is 1. The van der Waals surface area contributed by atoms with Crippen LogP contribution in [0.2, 0.25) is 5.02 Å². The Kier molecular flexibility index (Phi) is 5.82. The summed E-state index contributed by atoms with van der Waals surface area (Å²) in [5, 5.41) is 16.0. The summed E-state index contributed by atoms with van der Waals surface area (Å²) in [6.45, 7) is 0.456. The molecule has 4 aromatic rings. The van der Waals surface area contributed by atoms with Crippen LogP contribution in [0.1, 0.15) is 22.7 Å². The van der Waals surface area contributed by atoms with Crippen molar-refractivity contribution in [3.63, 3.8) is 0 Å². The number of allylic oxidation sites excluding steroid dienone is 1. The van der Waals surface area contributed by atoms with Crippen molar-refractivity contribution in [1.29, 1.82) is 0 Å². The van der Waals surface area contributed by atoms with Crippen LogP contribution in [0.25, 0.3) is 5.70 Å². The summed E-state index contributed by atoms with van der Waals surface area (Å²) in [5.41, 5.74) is 3.73. The Morgan fingerprint density at radius 2 is 1.85 bits per heavy atom. The molecule has 5 rings (SSSR count). The maximum Gasteiger partial charge on any atom is 0.251 e. The third kappa shape index (κ3) is 4.47. The molecule has 3 heterocycles. The monoisotopic (exact) mass is 457 g/mol. The standard InChI is InChI=1S/C24H20ClN7O/c25-20-10-8-19(9-11-20)22-13-21(18-6-2-1-3-7-18)31(24-28-29-30-32(22)24)16-23(33)27-15-17-5-4-12-26-14-17/h1-14,22H,15-16H2,(H,27,33)/t22-/m0/s1. The number of rotatable bonds is 6. The number of nitrogens with zero attached hydrogens (tertiary/aromatic N) is 6. The molecule has 1 atom stereocenters. The van der Waals surface area contributed by atoms with Crippen LogP contribution in [0.3, 0.4) is 0 Å². The number of aromatic nitrogens is 5. The van der Waals surface area contributed by atoms with E-state index < -0.39 is 0 Å². The molecule has 0 saturated heterocycles. The van der Waals surface area contributed by atoms with Crippen molar-refractivity contribution < 1.29 is 4.79 Å². The number of carbonyl (C=O) groups excluding carboxylic acids is 1. The fourth-order valence-corrected chi connectivity index (χ4v) is 3.91. The van der Waals surface area contributed by atoms with E-state index in [2.05, 4.69) is 31.9 Å². The number of carbonyl (C=O) groups is 1. The smallest absolute Gasteiger partial charge is 0.251 e. The molecular weight excluding hydrogens is 438 g/mol. The Balaban J connectivity index is 1.47. The number of tetrazole rings is 1. The molecule has 1 amide bonds. The van der Waals surface area contributed by atoms with E-state index in [1.54, 1.807) is 17.1 Å². The van der Waals surface area contributed by atoms with Crippen molar-refractivity contribution in [1.82, 2.24) is 30.5 Å². The molecule has 0 saturated carbocycles. The van der Waals surface area contributed by atoms with Gasteiger partial charge in [0.15, 0.2) is 0 Å². The highest BCUT2D eigenvalue weighted by atomic mass is 35.5. The summed E-state index contributed by atoms with van der Waals surface area (Å²) >= 11 is 6.09. The van der Waals surface area contributed by atoms with E-state index in [1.807, 2.05) is 71.6 Å². The van der Waals surface area contributed by atoms with Gasteiger partial charge in [-0.1, -0.05) is 65.2 Å². The van der Waals surface area contributed by atoms with Gasteiger partial charge in [0.1, 0.15) is 12.6 Å². The Bertz CT molecular complexity index is 1270. The van der Waals surface area contributed by atoms with E-state index in [4.69, 9.17) is 11.6 Å². The lowest BCUT2D eigenvalue weighted by molar-refractivity contribution is -0.119. The zero-order valence-corrected chi connectivity index (χ0v) is 18.3. The lowest BCUT2D eigenvalue weighted by Crippen LogP contribution is -2.39. The lowest BCUT2D eigenvalue weighted by Gasteiger charge is -2.32. The van der Waals surface area contributed by atoms with Crippen LogP contribution in [0.4, 0.5) is 5.95 Å². The third-order valence-corrected chi connectivity index (χ3v) is 5.63. The van der Waals surface area contributed by atoms with Crippen LogP contribution < -0.4 is 10.2 Å². The van der Waals surface area contributed by atoms with E-state index in [1.165, 1.54) is 0 Å². The number of hydrogen-bond acceptors (Lipinski definition) is 6. The minimum atomic E-state index is -0.239. The van der Waals surface area contributed by atoms with Crippen LogP contribution in [0, 0.1) is 0 Å². The first-order valence-electron chi connectivity index (χ1n) is 10.4. The lowest BCUT2D eigenvalue weighted by atomic mass is 10.0. The van der Waals surface area contributed by atoms with Crippen molar-refractivity contribution >= 4 is 29.2 Å². The van der Waals surface area contributed by atoms with Gasteiger partial charge >= 0.3 is 0 Å². The minimum Gasteiger partial charge on any atom is -0.350 e. The minimum absolute atomic E-state index is 0.0642. The van der Waals surface area contributed by atoms with Gasteiger partial charge < -0.3 is 5.32 Å². The molecule has 2 aromatic carbocycles. The highest BCUT2D eigenvalue weighted by molar-refractivity contribution is 6.30. The van der Waals surface area contributed by atoms with Gasteiger partial charge in [0.25, 0.3) is 5.95 Å². The molecule has 1 N–H and O–H groups in total. The van der Waals surface area contributed by atoms with Crippen molar-refractivity contribution in [2.24, 2.45) is 0 Å². The molecule has 0 fully saturated rings. The topological polar surface area (TPSA) is 88.8 Å². The zero-order valence-electron chi connectivity index (χ0n) is 17.5. The van der Waals surface area contributed by atoms with Crippen LogP contribution in [0.5, 0.6) is 0 Å². The first kappa shape index (κ1) is 20.8. The Labute approximate surface area is 195 Å². The summed E-state index contributed by atoms with van der Waals surface area (Å²) in [7, 11) is 0. The molecule has 9 heteroatoms. The molecule has 2 aromatic heterocycles. The molecule has 0 spiro atoms. The number of hydrogen-bond donors (Lipinski definition) is 1. The Hall–Kier alpha value is -4.04. The second kappa shape index (κ2) is 9.22. The van der Waals surface area contributed by atoms with Gasteiger partial charge in [0.05, 0.1) is 5.70 Å². The molecular formula is C24H20ClN7O. The highest BCUT2D eigenvalue weighted by Crippen LogP contribution is 2.36. The van der Waals surface area contributed by atoms with Gasteiger partial charge in [-0.05, 0) is 51.4 Å². The number of fused-ring (bicyclic) bond motifs is 1. The number of anilines is 1. The summed E-state index contributed by atoms with van der Waals surface area (Å²) in [5.74, 6) is 0.341. The van der Waals surface area contributed by atoms with E-state index >= 15 is 0 Å². The van der Waals surface area contributed by atoms with Crippen molar-refractivity contribution in [2.75, 3.05) is 11.4 Å². The first-order chi connectivity index (χ1) is 16.2. The summed E-state index contributed by atoms with van der Waals surface area (Å²) in [6.07, 6.45) is 5.50. The summed E-state index contributed by atoms with van der Waals surface area (Å²) in [6, 6.07) is 21.0. The summed E-state index contributed by atoms with van der Waals surface area (Å²) < 4.78 is 1.71. The van der Waals surface area contributed by atoms with Gasteiger partial charge in [-0.15, -0.1) is 0 Å². The van der Waals surface area contributed by atoms with E-state index in [0.717, 1.165) is 22.4 Å². The molecule has 1 aliphatic heterocycles. The van der Waals surface area contributed by atoms with E-state index in [0.29, 0.717) is 17.5 Å². The van der Waals surface area contributed by atoms with Crippen LogP contribution in [-0.4, -0.2) is 37.6 Å². The fourth-order valence-electron chi connectivity index (χ4n) is 3.78.